The summed E-state index contributed by atoms with van der Waals surface area (Å²) in [6, 6.07) is 4.97. The number of nitrogens with zero attached hydrogens (tertiary/aromatic N) is 4. The highest BCUT2D eigenvalue weighted by Crippen LogP contribution is 2.32. The van der Waals surface area contributed by atoms with Gasteiger partial charge in [-0.1, -0.05) is 0 Å². The summed E-state index contributed by atoms with van der Waals surface area (Å²) < 4.78 is 26.1. The zero-order chi connectivity index (χ0) is 22.2. The van der Waals surface area contributed by atoms with Gasteiger partial charge in [0.2, 0.25) is 5.88 Å². The summed E-state index contributed by atoms with van der Waals surface area (Å²) in [4.78, 5) is 21.5. The largest absolute Gasteiger partial charge is 0.473 e. The maximum Gasteiger partial charge on any atom is 0.257 e. The summed E-state index contributed by atoms with van der Waals surface area (Å²) in [5, 5.41) is 13.2. The van der Waals surface area contributed by atoms with Crippen molar-refractivity contribution in [3.63, 3.8) is 0 Å². The van der Waals surface area contributed by atoms with Crippen molar-refractivity contribution in [2.45, 2.75) is 43.7 Å². The number of aromatic nitrogens is 4. The minimum atomic E-state index is -0.988. The molecular weight excluding hydrogens is 417 g/mol. The van der Waals surface area contributed by atoms with Gasteiger partial charge < -0.3 is 25.4 Å². The monoisotopic (exact) mass is 441 g/mol. The summed E-state index contributed by atoms with van der Waals surface area (Å²) in [7, 11) is 3.45. The Morgan fingerprint density at radius 3 is 2.81 bits per heavy atom. The molecule has 0 aromatic carbocycles. The van der Waals surface area contributed by atoms with Gasteiger partial charge in [0.15, 0.2) is 5.65 Å². The van der Waals surface area contributed by atoms with Crippen LogP contribution in [-0.4, -0.2) is 64.1 Å². The molecule has 2 saturated carbocycles. The number of nitrogens with one attached hydrogen (secondary N) is 3. The first-order valence-electron chi connectivity index (χ1n) is 10.5. The molecule has 3 aromatic heterocycles. The van der Waals surface area contributed by atoms with Crippen LogP contribution in [0.25, 0.3) is 5.65 Å². The van der Waals surface area contributed by atoms with E-state index in [1.54, 1.807) is 32.5 Å². The summed E-state index contributed by atoms with van der Waals surface area (Å²) >= 11 is 0. The number of amides is 1. The number of carbonyl (C=O) groups is 1. The molecule has 0 saturated heterocycles. The number of hydrogen-bond acceptors (Lipinski definition) is 8. The van der Waals surface area contributed by atoms with E-state index in [4.69, 9.17) is 9.47 Å². The average Bonchev–Trinajstić information content (AvgIpc) is 3.28. The summed E-state index contributed by atoms with van der Waals surface area (Å²) in [5.74, 6) is 1.17. The van der Waals surface area contributed by atoms with E-state index in [-0.39, 0.29) is 17.8 Å². The van der Waals surface area contributed by atoms with Gasteiger partial charge in [0.1, 0.15) is 35.2 Å². The average molecular weight is 441 g/mol. The number of pyridine rings is 1. The van der Waals surface area contributed by atoms with E-state index in [2.05, 4.69) is 31.0 Å². The van der Waals surface area contributed by atoms with Crippen LogP contribution in [0.3, 0.4) is 0 Å². The molecule has 0 bridgehead atoms. The van der Waals surface area contributed by atoms with Crippen molar-refractivity contribution in [3.8, 4) is 5.88 Å². The second-order valence-corrected chi connectivity index (χ2v) is 7.95. The van der Waals surface area contributed by atoms with Crippen molar-refractivity contribution < 1.29 is 18.7 Å². The van der Waals surface area contributed by atoms with E-state index in [0.29, 0.717) is 35.3 Å². The number of hydrogen-bond donors (Lipinski definition) is 3. The maximum atomic E-state index is 13.2. The van der Waals surface area contributed by atoms with Crippen LogP contribution in [0.1, 0.15) is 29.6 Å². The van der Waals surface area contributed by atoms with Crippen molar-refractivity contribution >= 4 is 28.9 Å². The molecule has 5 rings (SSSR count). The summed E-state index contributed by atoms with van der Waals surface area (Å²) in [5.41, 5.74) is 1.27. The lowest BCUT2D eigenvalue weighted by Crippen LogP contribution is -2.39. The van der Waals surface area contributed by atoms with E-state index in [0.717, 1.165) is 12.8 Å². The zero-order valence-electron chi connectivity index (χ0n) is 17.7. The standard InChI is InChI=1S/C21H24FN7O3/c1-23-18-9-17(26-15-4-3-5-24-21(15)32-12-6-11(7-12)31-2)28-19-13(10-25-29(18)19)20(30)27-16-8-14(16)22/h3-5,9-12,14,16,23H,6-8H2,1-2H3,(H,26,28)(H,27,30)/t11-,12-,14-,16+/m1/s1. The first-order valence-corrected chi connectivity index (χ1v) is 10.5. The van der Waals surface area contributed by atoms with Gasteiger partial charge >= 0.3 is 0 Å². The number of alkyl halides is 1. The Hall–Kier alpha value is -3.47. The molecular formula is C21H24FN7O3. The SMILES string of the molecule is CNc1cc(Nc2cccnc2O[C@H]2C[C@H](OC)C2)nc2c(C(=O)N[C@H]3C[C@H]3F)cnn12. The van der Waals surface area contributed by atoms with Crippen molar-refractivity contribution in [3.05, 3.63) is 36.2 Å². The van der Waals surface area contributed by atoms with E-state index in [1.165, 1.54) is 10.7 Å². The third-order valence-corrected chi connectivity index (χ3v) is 5.70. The van der Waals surface area contributed by atoms with Crippen molar-refractivity contribution in [2.24, 2.45) is 0 Å². The van der Waals surface area contributed by atoms with Crippen molar-refractivity contribution in [1.29, 1.82) is 0 Å². The molecule has 2 atom stereocenters. The quantitative estimate of drug-likeness (QED) is 0.488. The van der Waals surface area contributed by atoms with Gasteiger partial charge in [0, 0.05) is 45.7 Å². The molecule has 3 N–H and O–H groups in total. The van der Waals surface area contributed by atoms with E-state index in [1.807, 2.05) is 6.07 Å². The number of rotatable bonds is 8. The van der Waals surface area contributed by atoms with Crippen LogP contribution in [0.4, 0.5) is 21.7 Å². The summed E-state index contributed by atoms with van der Waals surface area (Å²) in [6.07, 6.45) is 4.34. The summed E-state index contributed by atoms with van der Waals surface area (Å²) in [6.45, 7) is 0. The molecule has 2 aliphatic carbocycles. The van der Waals surface area contributed by atoms with Gasteiger partial charge in [-0.05, 0) is 12.1 Å². The fraction of sp³-hybridized carbons (Fsp3) is 0.429. The highest BCUT2D eigenvalue weighted by atomic mass is 19.1. The minimum Gasteiger partial charge on any atom is -0.473 e. The Labute approximate surface area is 183 Å². The first-order chi connectivity index (χ1) is 15.6. The van der Waals surface area contributed by atoms with Gasteiger partial charge in [-0.25, -0.2) is 14.4 Å². The van der Waals surface area contributed by atoms with Crippen LogP contribution in [0.2, 0.25) is 0 Å². The fourth-order valence-electron chi connectivity index (χ4n) is 3.61. The number of fused-ring (bicyclic) bond motifs is 1. The Morgan fingerprint density at radius 2 is 2.09 bits per heavy atom. The Kier molecular flexibility index (Phi) is 5.25. The van der Waals surface area contributed by atoms with Crippen molar-refractivity contribution in [2.75, 3.05) is 24.8 Å². The van der Waals surface area contributed by atoms with Gasteiger partial charge in [-0.3, -0.25) is 4.79 Å². The van der Waals surface area contributed by atoms with Gasteiger partial charge in [0.05, 0.1) is 18.3 Å². The van der Waals surface area contributed by atoms with Crippen LogP contribution >= 0.6 is 0 Å². The highest BCUT2D eigenvalue weighted by Gasteiger charge is 2.39. The van der Waals surface area contributed by atoms with Crippen LogP contribution in [0.15, 0.2) is 30.6 Å². The molecule has 3 aromatic rings. The molecule has 11 heteroatoms. The highest BCUT2D eigenvalue weighted by molar-refractivity contribution is 6.00. The lowest BCUT2D eigenvalue weighted by molar-refractivity contribution is -0.0393. The van der Waals surface area contributed by atoms with Gasteiger partial charge in [-0.15, -0.1) is 0 Å². The second-order valence-electron chi connectivity index (χ2n) is 7.95. The van der Waals surface area contributed by atoms with Gasteiger partial charge in [-0.2, -0.15) is 9.61 Å². The Balaban J connectivity index is 1.41. The van der Waals surface area contributed by atoms with Gasteiger partial charge in [0.25, 0.3) is 5.91 Å². The molecule has 3 heterocycles. The maximum absolute atomic E-state index is 13.2. The molecule has 168 valence electrons. The lowest BCUT2D eigenvalue weighted by Gasteiger charge is -2.34. The fourth-order valence-corrected chi connectivity index (χ4v) is 3.61. The third kappa shape index (κ3) is 3.91. The smallest absolute Gasteiger partial charge is 0.257 e. The molecule has 10 nitrogen and oxygen atoms in total. The number of anilines is 3. The number of ether oxygens (including phenoxy) is 2. The molecule has 0 aliphatic heterocycles. The number of methoxy groups -OCH3 is 1. The van der Waals surface area contributed by atoms with Crippen LogP contribution in [-0.2, 0) is 4.74 Å². The predicted molar refractivity (Wildman–Crippen MR) is 115 cm³/mol. The molecule has 2 aliphatic rings. The minimum absolute atomic E-state index is 0.0468. The predicted octanol–water partition coefficient (Wildman–Crippen LogP) is 2.31. The molecule has 0 radical (unpaired) electrons. The third-order valence-electron chi connectivity index (χ3n) is 5.70. The molecule has 0 unspecified atom stereocenters. The number of halogens is 1. The van der Waals surface area contributed by atoms with Crippen LogP contribution in [0.5, 0.6) is 5.88 Å². The molecule has 32 heavy (non-hydrogen) atoms. The molecule has 2 fully saturated rings. The van der Waals surface area contributed by atoms with Crippen molar-refractivity contribution in [1.82, 2.24) is 24.9 Å². The van der Waals surface area contributed by atoms with E-state index < -0.39 is 18.1 Å². The molecule has 0 spiro atoms. The van der Waals surface area contributed by atoms with Crippen LogP contribution < -0.4 is 20.7 Å². The second kappa shape index (κ2) is 8.23. The lowest BCUT2D eigenvalue weighted by atomic mass is 9.92. The zero-order valence-corrected chi connectivity index (χ0v) is 17.7. The Morgan fingerprint density at radius 1 is 1.28 bits per heavy atom. The normalized spacial score (nSPS) is 24.0. The topological polar surface area (TPSA) is 115 Å². The first kappa shape index (κ1) is 20.4. The molecule has 1 amide bonds. The number of carbonyl (C=O) groups excluding carboxylic acids is 1. The van der Waals surface area contributed by atoms with Crippen LogP contribution in [0, 0.1) is 0 Å². The van der Waals surface area contributed by atoms with E-state index >= 15 is 0 Å². The van der Waals surface area contributed by atoms with E-state index in [9.17, 15) is 9.18 Å². The Bertz CT molecular complexity index is 1150.